The third-order valence-electron chi connectivity index (χ3n) is 4.65. The molecule has 194 valence electrons. The van der Waals surface area contributed by atoms with Crippen LogP contribution in [0.15, 0.2) is 54.6 Å². The molecular weight excluding hydrogens is 516 g/mol. The summed E-state index contributed by atoms with van der Waals surface area (Å²) in [4.78, 5) is 12.3. The van der Waals surface area contributed by atoms with Crippen LogP contribution in [0, 0.1) is 0 Å². The molecule has 2 amide bonds. The third kappa shape index (κ3) is 7.45. The van der Waals surface area contributed by atoms with Crippen molar-refractivity contribution in [2.75, 3.05) is 11.6 Å². The van der Waals surface area contributed by atoms with Crippen LogP contribution in [0.1, 0.15) is 22.5 Å². The molecule has 0 radical (unpaired) electrons. The average molecular weight is 535 g/mol. The van der Waals surface area contributed by atoms with E-state index in [1.807, 2.05) is 0 Å². The lowest BCUT2D eigenvalue weighted by molar-refractivity contribution is -0.141. The number of sulfonamides is 1. The normalized spacial score (nSPS) is 12.4. The zero-order valence-electron chi connectivity index (χ0n) is 18.4. The molecule has 8 nitrogen and oxygen atoms in total. The van der Waals surface area contributed by atoms with E-state index in [1.54, 1.807) is 12.1 Å². The van der Waals surface area contributed by atoms with Crippen LogP contribution in [-0.2, 0) is 35.5 Å². The number of anilines is 1. The fourth-order valence-electron chi connectivity index (χ4n) is 3.04. The molecule has 0 atom stereocenters. The molecule has 36 heavy (non-hydrogen) atoms. The first kappa shape index (κ1) is 27.0. The first-order valence-corrected chi connectivity index (χ1v) is 11.9. The van der Waals surface area contributed by atoms with Gasteiger partial charge in [0, 0.05) is 12.2 Å². The first-order valence-electron chi connectivity index (χ1n) is 10.0. The quantitative estimate of drug-likeness (QED) is 0.393. The van der Waals surface area contributed by atoms with Crippen molar-refractivity contribution in [1.82, 2.24) is 19.8 Å². The fraction of sp³-hybridized carbons (Fsp3) is 0.238. The van der Waals surface area contributed by atoms with E-state index in [4.69, 9.17) is 0 Å². The van der Waals surface area contributed by atoms with E-state index in [0.29, 0.717) is 22.4 Å². The van der Waals surface area contributed by atoms with Gasteiger partial charge in [-0.2, -0.15) is 31.4 Å². The summed E-state index contributed by atoms with van der Waals surface area (Å²) in [6.45, 7) is -0.535. The number of alkyl halides is 6. The maximum atomic E-state index is 13.2. The summed E-state index contributed by atoms with van der Waals surface area (Å²) in [5, 5.41) is 8.16. The summed E-state index contributed by atoms with van der Waals surface area (Å²) in [6.07, 6.45) is -8.61. The van der Waals surface area contributed by atoms with E-state index in [0.717, 1.165) is 24.5 Å². The molecule has 15 heteroatoms. The molecule has 0 saturated carbocycles. The van der Waals surface area contributed by atoms with Gasteiger partial charge < -0.3 is 10.6 Å². The SMILES string of the molecule is CS(=O)(=O)NCc1cccc(NC(=O)NCc2cc(C(F)(F)F)nn2-c2cccc(C(F)(F)F)c2)c1. The molecule has 0 aliphatic heterocycles. The van der Waals surface area contributed by atoms with Gasteiger partial charge in [-0.05, 0) is 42.0 Å². The lowest BCUT2D eigenvalue weighted by atomic mass is 10.2. The molecule has 0 bridgehead atoms. The van der Waals surface area contributed by atoms with E-state index in [9.17, 15) is 39.6 Å². The first-order chi connectivity index (χ1) is 16.6. The Hall–Kier alpha value is -3.59. The minimum Gasteiger partial charge on any atom is -0.332 e. The summed E-state index contributed by atoms with van der Waals surface area (Å²) < 4.78 is 104. The van der Waals surface area contributed by atoms with Gasteiger partial charge in [-0.25, -0.2) is 22.6 Å². The number of halogens is 6. The maximum absolute atomic E-state index is 13.2. The molecule has 1 heterocycles. The lowest BCUT2D eigenvalue weighted by Gasteiger charge is -2.12. The zero-order valence-corrected chi connectivity index (χ0v) is 19.2. The summed E-state index contributed by atoms with van der Waals surface area (Å²) in [5.74, 6) is 0. The van der Waals surface area contributed by atoms with Crippen LogP contribution in [0.4, 0.5) is 36.8 Å². The molecule has 3 rings (SSSR count). The summed E-state index contributed by atoms with van der Waals surface area (Å²) in [7, 11) is -3.44. The average Bonchev–Trinajstić information content (AvgIpc) is 3.21. The molecule has 0 saturated heterocycles. The highest BCUT2D eigenvalue weighted by Gasteiger charge is 2.36. The third-order valence-corrected chi connectivity index (χ3v) is 5.31. The van der Waals surface area contributed by atoms with Crippen molar-refractivity contribution in [2.24, 2.45) is 0 Å². The van der Waals surface area contributed by atoms with Crippen molar-refractivity contribution in [3.63, 3.8) is 0 Å². The molecule has 0 unspecified atom stereocenters. The Morgan fingerprint density at radius 1 is 0.944 bits per heavy atom. The van der Waals surface area contributed by atoms with Crippen LogP contribution in [0.25, 0.3) is 5.69 Å². The Morgan fingerprint density at radius 2 is 1.64 bits per heavy atom. The van der Waals surface area contributed by atoms with Gasteiger partial charge in [-0.15, -0.1) is 0 Å². The number of aromatic nitrogens is 2. The minimum absolute atomic E-state index is 0.0354. The van der Waals surface area contributed by atoms with Crippen molar-refractivity contribution >= 4 is 21.7 Å². The van der Waals surface area contributed by atoms with Crippen LogP contribution in [-0.4, -0.2) is 30.5 Å². The summed E-state index contributed by atoms with van der Waals surface area (Å²) >= 11 is 0. The Labute approximate surface area is 201 Å². The van der Waals surface area contributed by atoms with Gasteiger partial charge in [0.15, 0.2) is 5.69 Å². The number of carbonyl (C=O) groups excluding carboxylic acids is 1. The number of hydrogen-bond donors (Lipinski definition) is 3. The summed E-state index contributed by atoms with van der Waals surface area (Å²) in [6, 6.07) is 9.53. The van der Waals surface area contributed by atoms with Crippen molar-refractivity contribution in [3.8, 4) is 5.69 Å². The predicted molar refractivity (Wildman–Crippen MR) is 118 cm³/mol. The van der Waals surface area contributed by atoms with Gasteiger partial charge in [-0.1, -0.05) is 18.2 Å². The number of nitrogens with zero attached hydrogens (tertiary/aromatic N) is 2. The highest BCUT2D eigenvalue weighted by atomic mass is 32.2. The molecular formula is C21H19F6N5O3S. The summed E-state index contributed by atoms with van der Waals surface area (Å²) in [5.41, 5.74) is -2.13. The Morgan fingerprint density at radius 3 is 2.28 bits per heavy atom. The fourth-order valence-corrected chi connectivity index (χ4v) is 3.47. The lowest BCUT2D eigenvalue weighted by Crippen LogP contribution is -2.29. The van der Waals surface area contributed by atoms with Crippen LogP contribution in [0.2, 0.25) is 0 Å². The molecule has 0 aliphatic carbocycles. The van der Waals surface area contributed by atoms with Gasteiger partial charge >= 0.3 is 18.4 Å². The standard InChI is InChI=1S/C21H19F6N5O3S/c1-36(34,35)29-11-13-4-2-6-15(8-13)30-19(33)28-12-17-10-18(21(25,26)27)31-32(17)16-7-3-5-14(9-16)20(22,23)24/h2-10,29H,11-12H2,1H3,(H2,28,30,33). The Bertz CT molecular complexity index is 1350. The topological polar surface area (TPSA) is 105 Å². The number of amides is 2. The molecule has 2 aromatic carbocycles. The maximum Gasteiger partial charge on any atom is 0.435 e. The number of nitrogens with one attached hydrogen (secondary N) is 3. The van der Waals surface area contributed by atoms with Crippen molar-refractivity contribution in [2.45, 2.75) is 25.4 Å². The number of urea groups is 1. The minimum atomic E-state index is -4.87. The van der Waals surface area contributed by atoms with Gasteiger partial charge in [0.2, 0.25) is 10.0 Å². The number of rotatable bonds is 7. The largest absolute Gasteiger partial charge is 0.435 e. The molecule has 0 aliphatic rings. The second kappa shape index (κ2) is 10.2. The molecule has 3 N–H and O–H groups in total. The zero-order chi connectivity index (χ0) is 26.7. The van der Waals surface area contributed by atoms with Crippen LogP contribution in [0.3, 0.4) is 0 Å². The Balaban J connectivity index is 1.77. The molecule has 0 spiro atoms. The van der Waals surface area contributed by atoms with Crippen molar-refractivity contribution in [3.05, 3.63) is 77.1 Å². The van der Waals surface area contributed by atoms with Crippen molar-refractivity contribution < 1.29 is 39.6 Å². The van der Waals surface area contributed by atoms with Crippen LogP contribution >= 0.6 is 0 Å². The van der Waals surface area contributed by atoms with Crippen LogP contribution in [0.5, 0.6) is 0 Å². The van der Waals surface area contributed by atoms with Gasteiger partial charge in [0.05, 0.1) is 29.7 Å². The Kier molecular flexibility index (Phi) is 7.64. The van der Waals surface area contributed by atoms with Crippen molar-refractivity contribution in [1.29, 1.82) is 0 Å². The second-order valence-corrected chi connectivity index (χ2v) is 9.41. The van der Waals surface area contributed by atoms with E-state index < -0.39 is 46.2 Å². The highest BCUT2D eigenvalue weighted by Crippen LogP contribution is 2.32. The molecule has 1 aromatic heterocycles. The number of carbonyl (C=O) groups is 1. The van der Waals surface area contributed by atoms with E-state index in [-0.39, 0.29) is 23.6 Å². The van der Waals surface area contributed by atoms with Gasteiger partial charge in [0.1, 0.15) is 0 Å². The molecule has 3 aromatic rings. The van der Waals surface area contributed by atoms with Gasteiger partial charge in [0.25, 0.3) is 0 Å². The monoisotopic (exact) mass is 535 g/mol. The van der Waals surface area contributed by atoms with Gasteiger partial charge in [-0.3, -0.25) is 0 Å². The molecule has 0 fully saturated rings. The van der Waals surface area contributed by atoms with E-state index >= 15 is 0 Å². The predicted octanol–water partition coefficient (Wildman–Crippen LogP) is 4.28. The number of benzene rings is 2. The van der Waals surface area contributed by atoms with E-state index in [2.05, 4.69) is 20.5 Å². The smallest absolute Gasteiger partial charge is 0.332 e. The van der Waals surface area contributed by atoms with Crippen LogP contribution < -0.4 is 15.4 Å². The van der Waals surface area contributed by atoms with E-state index in [1.165, 1.54) is 12.1 Å². The highest BCUT2D eigenvalue weighted by molar-refractivity contribution is 7.88. The second-order valence-electron chi connectivity index (χ2n) is 7.58. The number of hydrogen-bond acceptors (Lipinski definition) is 4.